The number of alkyl halides is 5. The first-order valence-corrected chi connectivity index (χ1v) is 15.0. The minimum absolute atomic E-state index is 0.125. The summed E-state index contributed by atoms with van der Waals surface area (Å²) < 4.78 is 75.8. The Morgan fingerprint density at radius 2 is 1.76 bits per heavy atom. The van der Waals surface area contributed by atoms with Crippen molar-refractivity contribution in [1.29, 1.82) is 0 Å². The van der Waals surface area contributed by atoms with Crippen molar-refractivity contribution < 1.29 is 35.9 Å². The average molecular weight is 491 g/mol. The number of fused-ring (bicyclic) bond motifs is 5. The largest absolute Gasteiger partial charge is 0.544 e. The van der Waals surface area contributed by atoms with Gasteiger partial charge in [0.05, 0.1) is 0 Å². The number of benzene rings is 1. The molecule has 2 fully saturated rings. The number of hydrogen-bond donors (Lipinski definition) is 0. The van der Waals surface area contributed by atoms with Crippen LogP contribution in [0.25, 0.3) is 0 Å². The minimum Gasteiger partial charge on any atom is -0.544 e. The maximum absolute atomic E-state index is 13.5. The number of aryl methyl sites for hydroxylation is 1. The molecule has 0 aromatic heterocycles. The Kier molecular flexibility index (Phi) is 5.90. The number of carbonyl (C=O) groups excluding carboxylic acids is 1. The van der Waals surface area contributed by atoms with Crippen LogP contribution in [0.15, 0.2) is 18.2 Å². The SMILES string of the molecule is C[C@]12CC[C@@H]3c4ccc(O[Si](C)(C)C)cc4CC[C@H]3[C@@H]1CC[C@@H]2OC(=O)C(F)(F)C(F)(F)F. The van der Waals surface area contributed by atoms with Crippen molar-refractivity contribution >= 4 is 14.3 Å². The van der Waals surface area contributed by atoms with Crippen LogP contribution in [-0.4, -0.2) is 32.5 Å². The zero-order chi connectivity index (χ0) is 24.4. The average Bonchev–Trinajstić information content (AvgIpc) is 3.01. The van der Waals surface area contributed by atoms with Crippen molar-refractivity contribution in [3.05, 3.63) is 29.3 Å². The smallest absolute Gasteiger partial charge is 0.465 e. The second-order valence-corrected chi connectivity index (χ2v) is 15.5. The van der Waals surface area contributed by atoms with Gasteiger partial charge in [-0.1, -0.05) is 13.0 Å². The molecule has 5 atom stereocenters. The maximum atomic E-state index is 13.5. The molecule has 0 aliphatic heterocycles. The quantitative estimate of drug-likeness (QED) is 0.263. The van der Waals surface area contributed by atoms with E-state index in [1.54, 1.807) is 0 Å². The summed E-state index contributed by atoms with van der Waals surface area (Å²) >= 11 is 0. The first kappa shape index (κ1) is 24.5. The Balaban J connectivity index is 1.51. The van der Waals surface area contributed by atoms with Crippen molar-refractivity contribution in [3.63, 3.8) is 0 Å². The van der Waals surface area contributed by atoms with Crippen LogP contribution in [0.3, 0.4) is 0 Å². The van der Waals surface area contributed by atoms with Gasteiger partial charge in [0.1, 0.15) is 11.9 Å². The summed E-state index contributed by atoms with van der Waals surface area (Å²) in [5, 5.41) is 0. The van der Waals surface area contributed by atoms with Crippen LogP contribution in [0.2, 0.25) is 19.6 Å². The summed E-state index contributed by atoms with van der Waals surface area (Å²) in [5.41, 5.74) is 1.98. The molecule has 0 spiro atoms. The van der Waals surface area contributed by atoms with Gasteiger partial charge in [-0.15, -0.1) is 0 Å². The molecule has 3 nitrogen and oxygen atoms in total. The van der Waals surface area contributed by atoms with E-state index < -0.39 is 37.9 Å². The van der Waals surface area contributed by atoms with E-state index in [0.717, 1.165) is 25.0 Å². The number of ether oxygens (including phenoxy) is 1. The highest BCUT2D eigenvalue weighted by Gasteiger charge is 2.66. The van der Waals surface area contributed by atoms with Gasteiger partial charge in [-0.05, 0) is 99.2 Å². The Morgan fingerprint density at radius 3 is 2.39 bits per heavy atom. The van der Waals surface area contributed by atoms with Gasteiger partial charge in [-0.25, -0.2) is 4.79 Å². The van der Waals surface area contributed by atoms with Gasteiger partial charge in [0.25, 0.3) is 0 Å². The highest BCUT2D eigenvalue weighted by Crippen LogP contribution is 2.62. The van der Waals surface area contributed by atoms with Crippen LogP contribution in [0, 0.1) is 17.3 Å². The van der Waals surface area contributed by atoms with Crippen LogP contribution in [-0.2, 0) is 16.0 Å². The third-order valence-corrected chi connectivity index (χ3v) is 8.74. The molecule has 3 aliphatic carbocycles. The van der Waals surface area contributed by atoms with Gasteiger partial charge < -0.3 is 9.16 Å². The fourth-order valence-corrected chi connectivity index (χ4v) is 7.27. The van der Waals surface area contributed by atoms with Crippen molar-refractivity contribution in [2.24, 2.45) is 17.3 Å². The molecule has 0 bridgehead atoms. The van der Waals surface area contributed by atoms with Crippen molar-refractivity contribution in [3.8, 4) is 5.75 Å². The third kappa shape index (κ3) is 4.30. The fraction of sp³-hybridized carbons (Fsp3) is 0.708. The second kappa shape index (κ2) is 7.95. The topological polar surface area (TPSA) is 35.5 Å². The summed E-state index contributed by atoms with van der Waals surface area (Å²) in [5.74, 6) is -6.33. The lowest BCUT2D eigenvalue weighted by atomic mass is 9.55. The highest BCUT2D eigenvalue weighted by atomic mass is 28.4. The fourth-order valence-electron chi connectivity index (χ4n) is 6.44. The van der Waals surface area contributed by atoms with Crippen LogP contribution >= 0.6 is 0 Å². The van der Waals surface area contributed by atoms with Crippen molar-refractivity contribution in [1.82, 2.24) is 0 Å². The predicted octanol–water partition coefficient (Wildman–Crippen LogP) is 6.87. The van der Waals surface area contributed by atoms with Gasteiger partial charge in [-0.3, -0.25) is 0 Å². The monoisotopic (exact) mass is 490 g/mol. The van der Waals surface area contributed by atoms with Crippen LogP contribution in [0.1, 0.15) is 56.1 Å². The molecule has 33 heavy (non-hydrogen) atoms. The molecule has 0 amide bonds. The number of esters is 1. The van der Waals surface area contributed by atoms with Gasteiger partial charge in [0.15, 0.2) is 0 Å². The molecule has 184 valence electrons. The normalized spacial score (nSPS) is 31.9. The summed E-state index contributed by atoms with van der Waals surface area (Å²) in [6, 6.07) is 6.29. The molecule has 0 unspecified atom stereocenters. The second-order valence-electron chi connectivity index (χ2n) is 11.1. The maximum Gasteiger partial charge on any atom is 0.465 e. The molecular formula is C24H31F5O3Si. The van der Waals surface area contributed by atoms with Crippen LogP contribution in [0.5, 0.6) is 5.75 Å². The van der Waals surface area contributed by atoms with Gasteiger partial charge in [0, 0.05) is 5.41 Å². The van der Waals surface area contributed by atoms with Gasteiger partial charge >= 0.3 is 18.1 Å². The molecular weight excluding hydrogens is 459 g/mol. The number of hydrogen-bond acceptors (Lipinski definition) is 3. The third-order valence-electron chi connectivity index (χ3n) is 7.90. The predicted molar refractivity (Wildman–Crippen MR) is 116 cm³/mol. The first-order valence-electron chi connectivity index (χ1n) is 11.6. The zero-order valence-electron chi connectivity index (χ0n) is 19.4. The van der Waals surface area contributed by atoms with Crippen molar-refractivity contribution in [2.75, 3.05) is 0 Å². The Labute approximate surface area is 192 Å². The van der Waals surface area contributed by atoms with E-state index >= 15 is 0 Å². The van der Waals surface area contributed by atoms with Crippen LogP contribution < -0.4 is 4.43 Å². The van der Waals surface area contributed by atoms with E-state index in [1.165, 1.54) is 11.1 Å². The summed E-state index contributed by atoms with van der Waals surface area (Å²) in [6.07, 6.45) is -2.66. The summed E-state index contributed by atoms with van der Waals surface area (Å²) in [4.78, 5) is 11.8. The Morgan fingerprint density at radius 1 is 1.06 bits per heavy atom. The highest BCUT2D eigenvalue weighted by molar-refractivity contribution is 6.70. The molecule has 4 rings (SSSR count). The molecule has 3 aliphatic rings. The lowest BCUT2D eigenvalue weighted by Gasteiger charge is -2.50. The van der Waals surface area contributed by atoms with E-state index in [0.29, 0.717) is 31.1 Å². The van der Waals surface area contributed by atoms with E-state index in [2.05, 4.69) is 31.8 Å². The molecule has 0 radical (unpaired) electrons. The standard InChI is InChI=1S/C24H31F5O3Si/c1-22-12-11-17-16-8-6-15(32-33(2,3)4)13-14(16)5-7-18(17)19(22)9-10-20(22)31-21(30)23(25,26)24(27,28)29/h6,8,13,17-20H,5,7,9-12H2,1-4H3/t17-,18-,19+,20+,22+/m1/s1. The number of rotatable bonds is 4. The Hall–Kier alpha value is -1.64. The van der Waals surface area contributed by atoms with E-state index in [-0.39, 0.29) is 5.92 Å². The van der Waals surface area contributed by atoms with Gasteiger partial charge in [0.2, 0.25) is 8.32 Å². The van der Waals surface area contributed by atoms with E-state index in [9.17, 15) is 26.7 Å². The van der Waals surface area contributed by atoms with Gasteiger partial charge in [-0.2, -0.15) is 22.0 Å². The number of halogens is 5. The molecule has 0 heterocycles. The number of carbonyl (C=O) groups is 1. The van der Waals surface area contributed by atoms with E-state index in [1.807, 2.05) is 13.0 Å². The minimum atomic E-state index is -5.95. The van der Waals surface area contributed by atoms with Crippen molar-refractivity contribution in [2.45, 2.75) is 89.2 Å². The molecule has 2 saturated carbocycles. The Bertz CT molecular complexity index is 926. The first-order chi connectivity index (χ1) is 15.1. The lowest BCUT2D eigenvalue weighted by molar-refractivity contribution is -0.284. The molecule has 9 heteroatoms. The van der Waals surface area contributed by atoms with Crippen LogP contribution in [0.4, 0.5) is 22.0 Å². The van der Waals surface area contributed by atoms with E-state index in [4.69, 9.17) is 9.16 Å². The molecule has 0 N–H and O–H groups in total. The molecule has 1 aromatic carbocycles. The summed E-state index contributed by atoms with van der Waals surface area (Å²) in [7, 11) is -1.72. The zero-order valence-corrected chi connectivity index (χ0v) is 20.4. The summed E-state index contributed by atoms with van der Waals surface area (Å²) in [6.45, 7) is 8.31. The lowest BCUT2D eigenvalue weighted by Crippen LogP contribution is -2.50. The molecule has 1 aromatic rings. The molecule has 0 saturated heterocycles.